The van der Waals surface area contributed by atoms with Crippen LogP contribution in [0.25, 0.3) is 21.8 Å². The smallest absolute Gasteiger partial charge is 0.231 e. The number of pyridine rings is 1. The van der Waals surface area contributed by atoms with Gasteiger partial charge in [0.05, 0.1) is 27.9 Å². The highest BCUT2D eigenvalue weighted by Crippen LogP contribution is 2.42. The molecule has 2 aromatic heterocycles. The second-order valence-electron chi connectivity index (χ2n) is 7.30. The minimum atomic E-state index is 0.234. The summed E-state index contributed by atoms with van der Waals surface area (Å²) in [6.07, 6.45) is 0.867. The molecule has 0 radical (unpaired) electrons. The first-order valence-corrected chi connectivity index (χ1v) is 11.1. The molecule has 1 aliphatic heterocycles. The first-order valence-electron chi connectivity index (χ1n) is 10.3. The van der Waals surface area contributed by atoms with Gasteiger partial charge in [-0.25, -0.2) is 4.98 Å². The van der Waals surface area contributed by atoms with Crippen molar-refractivity contribution in [3.8, 4) is 39.4 Å². The van der Waals surface area contributed by atoms with Gasteiger partial charge in [-0.3, -0.25) is 4.98 Å². The van der Waals surface area contributed by atoms with Crippen LogP contribution >= 0.6 is 11.3 Å². The zero-order valence-corrected chi connectivity index (χ0v) is 18.3. The predicted octanol–water partition coefficient (Wildman–Crippen LogP) is 5.65. The van der Waals surface area contributed by atoms with Gasteiger partial charge in [0.1, 0.15) is 0 Å². The molecule has 0 fully saturated rings. The zero-order valence-electron chi connectivity index (χ0n) is 17.5. The molecule has 0 amide bonds. The van der Waals surface area contributed by atoms with Crippen LogP contribution < -0.4 is 14.8 Å². The van der Waals surface area contributed by atoms with Crippen LogP contribution in [-0.2, 0) is 13.0 Å². The number of ether oxygens (including phenoxy) is 2. The van der Waals surface area contributed by atoms with Gasteiger partial charge in [-0.05, 0) is 54.4 Å². The van der Waals surface area contributed by atoms with Gasteiger partial charge in [0, 0.05) is 17.8 Å². The first-order chi connectivity index (χ1) is 15.7. The Balaban J connectivity index is 1.52. The van der Waals surface area contributed by atoms with Gasteiger partial charge < -0.3 is 14.8 Å². The fraction of sp³-hybridized carbons (Fsp3) is 0.160. The number of benzene rings is 2. The first kappa shape index (κ1) is 20.0. The average Bonchev–Trinajstić information content (AvgIpc) is 3.49. The molecule has 2 aromatic carbocycles. The molecule has 0 aliphatic carbocycles. The van der Waals surface area contributed by atoms with E-state index in [2.05, 4.69) is 18.3 Å². The minimum absolute atomic E-state index is 0.234. The van der Waals surface area contributed by atoms with Crippen LogP contribution in [0, 0.1) is 11.3 Å². The molecule has 0 spiro atoms. The number of nitriles is 1. The van der Waals surface area contributed by atoms with Crippen LogP contribution in [0.1, 0.15) is 23.7 Å². The van der Waals surface area contributed by atoms with Crippen LogP contribution in [0.2, 0.25) is 0 Å². The fourth-order valence-electron chi connectivity index (χ4n) is 3.54. The second kappa shape index (κ2) is 8.69. The maximum absolute atomic E-state index is 9.14. The van der Waals surface area contributed by atoms with Crippen molar-refractivity contribution >= 4 is 16.5 Å². The molecular formula is C25H20N4O2S. The van der Waals surface area contributed by atoms with E-state index in [0.29, 0.717) is 12.1 Å². The van der Waals surface area contributed by atoms with Crippen LogP contribution in [0.4, 0.5) is 5.13 Å². The summed E-state index contributed by atoms with van der Waals surface area (Å²) in [6, 6.07) is 21.7. The van der Waals surface area contributed by atoms with Crippen molar-refractivity contribution in [3.05, 3.63) is 77.5 Å². The third-order valence-corrected chi connectivity index (χ3v) is 6.21. The lowest BCUT2D eigenvalue weighted by Crippen LogP contribution is -1.99. The van der Waals surface area contributed by atoms with E-state index in [9.17, 15) is 0 Å². The Morgan fingerprint density at radius 1 is 1.03 bits per heavy atom. The van der Waals surface area contributed by atoms with Crippen molar-refractivity contribution in [1.82, 2.24) is 9.97 Å². The zero-order chi connectivity index (χ0) is 21.9. The van der Waals surface area contributed by atoms with Gasteiger partial charge in [0.2, 0.25) is 6.79 Å². The molecular weight excluding hydrogens is 420 g/mol. The van der Waals surface area contributed by atoms with Gasteiger partial charge in [-0.2, -0.15) is 5.26 Å². The molecule has 158 valence electrons. The highest BCUT2D eigenvalue weighted by Gasteiger charge is 2.20. The van der Waals surface area contributed by atoms with Gasteiger partial charge in [0.15, 0.2) is 16.6 Å². The molecule has 7 heteroatoms. The Morgan fingerprint density at radius 2 is 1.91 bits per heavy atom. The summed E-state index contributed by atoms with van der Waals surface area (Å²) in [5.74, 6) is 1.46. The molecule has 0 saturated heterocycles. The summed E-state index contributed by atoms with van der Waals surface area (Å²) in [5.41, 5.74) is 5.40. The number of aromatic nitrogens is 2. The molecule has 1 N–H and O–H groups in total. The maximum Gasteiger partial charge on any atom is 0.231 e. The van der Waals surface area contributed by atoms with Gasteiger partial charge in [-0.15, -0.1) is 0 Å². The minimum Gasteiger partial charge on any atom is -0.454 e. The van der Waals surface area contributed by atoms with Crippen molar-refractivity contribution in [2.75, 3.05) is 12.1 Å². The third-order valence-electron chi connectivity index (χ3n) is 5.17. The number of nitrogens with one attached hydrogen (secondary N) is 1. The lowest BCUT2D eigenvalue weighted by atomic mass is 10.1. The largest absolute Gasteiger partial charge is 0.454 e. The van der Waals surface area contributed by atoms with Crippen molar-refractivity contribution in [3.63, 3.8) is 0 Å². The molecule has 0 atom stereocenters. The number of hydrogen-bond acceptors (Lipinski definition) is 7. The van der Waals surface area contributed by atoms with Crippen molar-refractivity contribution in [2.24, 2.45) is 0 Å². The van der Waals surface area contributed by atoms with E-state index in [0.717, 1.165) is 56.1 Å². The molecule has 5 rings (SSSR count). The normalized spacial score (nSPS) is 11.9. The lowest BCUT2D eigenvalue weighted by molar-refractivity contribution is 0.174. The highest BCUT2D eigenvalue weighted by atomic mass is 32.1. The third kappa shape index (κ3) is 4.01. The van der Waals surface area contributed by atoms with Crippen molar-refractivity contribution < 1.29 is 9.47 Å². The Hall–Kier alpha value is -3.89. The quantitative estimate of drug-likeness (QED) is 0.417. The second-order valence-corrected chi connectivity index (χ2v) is 8.30. The van der Waals surface area contributed by atoms with Crippen LogP contribution in [0.15, 0.2) is 60.7 Å². The molecule has 0 saturated carbocycles. The Kier molecular flexibility index (Phi) is 5.44. The van der Waals surface area contributed by atoms with E-state index >= 15 is 0 Å². The summed E-state index contributed by atoms with van der Waals surface area (Å²) < 4.78 is 11.0. The van der Waals surface area contributed by atoms with Crippen LogP contribution in [-0.4, -0.2) is 16.8 Å². The Morgan fingerprint density at radius 3 is 2.78 bits per heavy atom. The number of thiazole rings is 1. The SMILES string of the molecule is CCc1cccc(-c2sc(NCc3cccc(C#N)c3)nc2-c2ccc3c(c2)OCO3)n1. The molecule has 1 aliphatic rings. The number of rotatable bonds is 6. The molecule has 6 nitrogen and oxygen atoms in total. The summed E-state index contributed by atoms with van der Waals surface area (Å²) in [6.45, 7) is 2.91. The van der Waals surface area contributed by atoms with E-state index in [1.807, 2.05) is 54.6 Å². The number of nitrogens with zero attached hydrogens (tertiary/aromatic N) is 3. The van der Waals surface area contributed by atoms with E-state index in [1.54, 1.807) is 17.4 Å². The molecule has 32 heavy (non-hydrogen) atoms. The van der Waals surface area contributed by atoms with E-state index in [-0.39, 0.29) is 6.79 Å². The number of fused-ring (bicyclic) bond motifs is 1. The van der Waals surface area contributed by atoms with Crippen LogP contribution in [0.5, 0.6) is 11.5 Å². The van der Waals surface area contributed by atoms with Crippen molar-refractivity contribution in [1.29, 1.82) is 5.26 Å². The van der Waals surface area contributed by atoms with Gasteiger partial charge in [0.25, 0.3) is 0 Å². The number of aryl methyl sites for hydroxylation is 1. The molecule has 0 unspecified atom stereocenters. The Labute approximate surface area is 190 Å². The topological polar surface area (TPSA) is 80.1 Å². The Bertz CT molecular complexity index is 1330. The highest BCUT2D eigenvalue weighted by molar-refractivity contribution is 7.19. The summed E-state index contributed by atoms with van der Waals surface area (Å²) in [7, 11) is 0. The predicted molar refractivity (Wildman–Crippen MR) is 125 cm³/mol. The lowest BCUT2D eigenvalue weighted by Gasteiger charge is -2.05. The molecule has 0 bridgehead atoms. The van der Waals surface area contributed by atoms with E-state index < -0.39 is 0 Å². The monoisotopic (exact) mass is 440 g/mol. The van der Waals surface area contributed by atoms with E-state index in [1.165, 1.54) is 0 Å². The number of anilines is 1. The fourth-order valence-corrected chi connectivity index (χ4v) is 4.49. The van der Waals surface area contributed by atoms with E-state index in [4.69, 9.17) is 24.7 Å². The molecule has 3 heterocycles. The van der Waals surface area contributed by atoms with Crippen LogP contribution in [0.3, 0.4) is 0 Å². The van der Waals surface area contributed by atoms with Gasteiger partial charge in [-0.1, -0.05) is 36.5 Å². The maximum atomic E-state index is 9.14. The van der Waals surface area contributed by atoms with Crippen molar-refractivity contribution in [2.45, 2.75) is 19.9 Å². The standard InChI is InChI=1S/C25H20N4O2S/c1-2-19-7-4-8-20(28-19)24-23(18-9-10-21-22(12-18)31-15-30-21)29-25(32-24)27-14-17-6-3-5-16(11-17)13-26/h3-12H,2,14-15H2,1H3,(H,27,29). The summed E-state index contributed by atoms with van der Waals surface area (Å²) in [5, 5.41) is 13.3. The summed E-state index contributed by atoms with van der Waals surface area (Å²) >= 11 is 1.57. The average molecular weight is 441 g/mol. The summed E-state index contributed by atoms with van der Waals surface area (Å²) in [4.78, 5) is 10.7. The number of hydrogen-bond donors (Lipinski definition) is 1. The molecule has 4 aromatic rings. The van der Waals surface area contributed by atoms with Gasteiger partial charge >= 0.3 is 0 Å².